The lowest BCUT2D eigenvalue weighted by Gasteiger charge is -2.32. The number of fused-ring (bicyclic) bond motifs is 1. The molecule has 2 aromatic carbocycles. The second kappa shape index (κ2) is 7.16. The molecule has 154 valence electrons. The van der Waals surface area contributed by atoms with Crippen LogP contribution in [0.15, 0.2) is 54.7 Å². The predicted molar refractivity (Wildman–Crippen MR) is 118 cm³/mol. The van der Waals surface area contributed by atoms with Crippen LogP contribution in [0.2, 0.25) is 5.02 Å². The second-order valence-corrected chi connectivity index (χ2v) is 9.79. The van der Waals surface area contributed by atoms with Crippen LogP contribution in [-0.2, 0) is 11.2 Å². The van der Waals surface area contributed by atoms with E-state index in [9.17, 15) is 9.18 Å². The maximum atomic E-state index is 13.8. The quantitative estimate of drug-likeness (QED) is 0.459. The van der Waals surface area contributed by atoms with Gasteiger partial charge in [0, 0.05) is 28.4 Å². The molecule has 0 amide bonds. The Morgan fingerprint density at radius 1 is 1.13 bits per heavy atom. The monoisotopic (exact) mass is 421 g/mol. The summed E-state index contributed by atoms with van der Waals surface area (Å²) in [7, 11) is 0. The zero-order chi connectivity index (χ0) is 20.9. The number of aromatic nitrogens is 1. The molecule has 4 heteroatoms. The lowest BCUT2D eigenvalue weighted by atomic mass is 9.72. The van der Waals surface area contributed by atoms with Gasteiger partial charge in [0.25, 0.3) is 0 Å². The largest absolute Gasteiger partial charge is 0.299 e. The van der Waals surface area contributed by atoms with Gasteiger partial charge in [0.2, 0.25) is 0 Å². The van der Waals surface area contributed by atoms with Gasteiger partial charge >= 0.3 is 0 Å². The minimum Gasteiger partial charge on any atom is -0.299 e. The molecule has 1 atom stereocenters. The number of hydrogen-bond donors (Lipinski definition) is 0. The summed E-state index contributed by atoms with van der Waals surface area (Å²) in [6, 6.07) is 14.5. The summed E-state index contributed by atoms with van der Waals surface area (Å²) < 4.78 is 13.8. The van der Waals surface area contributed by atoms with E-state index in [0.29, 0.717) is 23.1 Å². The molecule has 5 rings (SSSR count). The lowest BCUT2D eigenvalue weighted by Crippen LogP contribution is -2.26. The summed E-state index contributed by atoms with van der Waals surface area (Å²) in [4.78, 5) is 17.5. The zero-order valence-electron chi connectivity index (χ0n) is 17.1. The topological polar surface area (TPSA) is 30.0 Å². The molecule has 0 saturated heterocycles. The third kappa shape index (κ3) is 3.24. The van der Waals surface area contributed by atoms with Crippen LogP contribution in [0.25, 0.3) is 10.9 Å². The van der Waals surface area contributed by atoms with Gasteiger partial charge in [-0.3, -0.25) is 9.78 Å². The Labute approximate surface area is 181 Å². The van der Waals surface area contributed by atoms with Crippen molar-refractivity contribution < 1.29 is 9.18 Å². The Balaban J connectivity index is 1.30. The molecule has 0 aliphatic heterocycles. The van der Waals surface area contributed by atoms with Crippen molar-refractivity contribution in [2.45, 2.75) is 51.4 Å². The summed E-state index contributed by atoms with van der Waals surface area (Å²) in [6.45, 7) is 2.16. The van der Waals surface area contributed by atoms with Crippen LogP contribution in [0, 0.1) is 16.6 Å². The average Bonchev–Trinajstić information content (AvgIpc) is 3.34. The van der Waals surface area contributed by atoms with Crippen LogP contribution in [0.4, 0.5) is 4.39 Å². The molecule has 2 nitrogen and oxygen atoms in total. The van der Waals surface area contributed by atoms with Crippen LogP contribution < -0.4 is 0 Å². The molecule has 2 saturated carbocycles. The number of Topliss-reactive ketones (excluding diaryl/α,β-unsaturated/α-hetero) is 1. The molecule has 2 fully saturated rings. The fourth-order valence-corrected chi connectivity index (χ4v) is 5.84. The Hall–Kier alpha value is -2.26. The van der Waals surface area contributed by atoms with Gasteiger partial charge in [-0.15, -0.1) is 0 Å². The smallest absolute Gasteiger partial charge is 0.143 e. The van der Waals surface area contributed by atoms with Gasteiger partial charge in [-0.25, -0.2) is 4.39 Å². The van der Waals surface area contributed by atoms with E-state index in [-0.39, 0.29) is 16.6 Å². The molecular weight excluding hydrogens is 397 g/mol. The summed E-state index contributed by atoms with van der Waals surface area (Å²) in [5, 5.41) is 1.62. The van der Waals surface area contributed by atoms with E-state index in [2.05, 4.69) is 11.9 Å². The van der Waals surface area contributed by atoms with Crippen LogP contribution in [-0.4, -0.2) is 10.8 Å². The van der Waals surface area contributed by atoms with Crippen molar-refractivity contribution in [2.75, 3.05) is 0 Å². The molecule has 1 heterocycles. The van der Waals surface area contributed by atoms with Crippen LogP contribution in [0.5, 0.6) is 0 Å². The first-order valence-corrected chi connectivity index (χ1v) is 11.1. The second-order valence-electron chi connectivity index (χ2n) is 9.35. The highest BCUT2D eigenvalue weighted by Gasteiger charge is 2.67. The van der Waals surface area contributed by atoms with E-state index in [1.165, 1.54) is 11.6 Å². The summed E-state index contributed by atoms with van der Waals surface area (Å²) in [6.07, 6.45) is 7.49. The van der Waals surface area contributed by atoms with Crippen molar-refractivity contribution in [3.63, 3.8) is 0 Å². The molecule has 3 aromatic rings. The fraction of sp³-hybridized carbons (Fsp3) is 0.385. The Kier molecular flexibility index (Phi) is 4.70. The molecule has 0 radical (unpaired) electrons. The summed E-state index contributed by atoms with van der Waals surface area (Å²) in [5.41, 5.74) is 3.00. The molecular formula is C26H25ClFNO. The highest BCUT2D eigenvalue weighted by molar-refractivity contribution is 6.30. The number of carbonyl (C=O) groups is 1. The molecule has 1 spiro atoms. The van der Waals surface area contributed by atoms with E-state index in [1.54, 1.807) is 12.1 Å². The van der Waals surface area contributed by atoms with Gasteiger partial charge in [-0.1, -0.05) is 30.7 Å². The lowest BCUT2D eigenvalue weighted by molar-refractivity contribution is -0.124. The normalized spacial score (nSPS) is 28.0. The molecule has 1 aromatic heterocycles. The van der Waals surface area contributed by atoms with E-state index in [4.69, 9.17) is 11.6 Å². The highest BCUT2D eigenvalue weighted by Crippen LogP contribution is 2.72. The SMILES string of the molecule is C[C@@]1(C(=O)Cc2ccc(Cl)cc2)CC12CCC(c1ccnc3ccc(F)cc13)CC2. The van der Waals surface area contributed by atoms with Gasteiger partial charge in [0.1, 0.15) is 11.6 Å². The number of pyridine rings is 1. The van der Waals surface area contributed by atoms with Crippen molar-refractivity contribution in [1.29, 1.82) is 0 Å². The number of hydrogen-bond acceptors (Lipinski definition) is 2. The van der Waals surface area contributed by atoms with E-state index in [0.717, 1.165) is 48.6 Å². The first kappa shape index (κ1) is 19.7. The third-order valence-corrected chi connectivity index (χ3v) is 8.00. The van der Waals surface area contributed by atoms with Crippen molar-refractivity contribution >= 4 is 28.3 Å². The number of ketones is 1. The number of carbonyl (C=O) groups excluding carboxylic acids is 1. The van der Waals surface area contributed by atoms with Gasteiger partial charge in [0.15, 0.2) is 0 Å². The molecule has 2 aliphatic carbocycles. The number of halogens is 2. The maximum Gasteiger partial charge on any atom is 0.143 e. The number of rotatable bonds is 4. The predicted octanol–water partition coefficient (Wildman–Crippen LogP) is 6.89. The first-order valence-electron chi connectivity index (χ1n) is 10.7. The Morgan fingerprint density at radius 2 is 1.87 bits per heavy atom. The van der Waals surface area contributed by atoms with Gasteiger partial charge < -0.3 is 0 Å². The highest BCUT2D eigenvalue weighted by atomic mass is 35.5. The summed E-state index contributed by atoms with van der Waals surface area (Å²) >= 11 is 5.97. The number of benzene rings is 2. The minimum absolute atomic E-state index is 0.140. The van der Waals surface area contributed by atoms with Crippen LogP contribution in [0.3, 0.4) is 0 Å². The zero-order valence-corrected chi connectivity index (χ0v) is 17.9. The van der Waals surface area contributed by atoms with E-state index < -0.39 is 0 Å². The Bertz CT molecular complexity index is 1120. The Morgan fingerprint density at radius 3 is 2.60 bits per heavy atom. The van der Waals surface area contributed by atoms with Crippen LogP contribution >= 0.6 is 11.6 Å². The van der Waals surface area contributed by atoms with Crippen molar-refractivity contribution in [2.24, 2.45) is 10.8 Å². The fourth-order valence-electron chi connectivity index (χ4n) is 5.72. The van der Waals surface area contributed by atoms with Crippen molar-refractivity contribution in [3.05, 3.63) is 76.7 Å². The standard InChI is InChI=1S/C26H25ClFNO/c1-25(24(30)14-17-2-4-19(27)5-3-17)16-26(25)11-8-18(9-12-26)21-10-13-29-23-7-6-20(28)15-22(21)23/h2-7,10,13,15,18H,8-9,11-12,14,16H2,1H3/t18?,25-,26?/m0/s1. The molecule has 0 N–H and O–H groups in total. The van der Waals surface area contributed by atoms with Gasteiger partial charge in [0.05, 0.1) is 5.52 Å². The van der Waals surface area contributed by atoms with E-state index >= 15 is 0 Å². The molecule has 0 unspecified atom stereocenters. The first-order chi connectivity index (χ1) is 14.4. The third-order valence-electron chi connectivity index (χ3n) is 7.75. The van der Waals surface area contributed by atoms with Crippen molar-refractivity contribution in [1.82, 2.24) is 4.98 Å². The molecule has 0 bridgehead atoms. The van der Waals surface area contributed by atoms with Crippen molar-refractivity contribution in [3.8, 4) is 0 Å². The molecule has 30 heavy (non-hydrogen) atoms. The average molecular weight is 422 g/mol. The van der Waals surface area contributed by atoms with E-state index in [1.807, 2.05) is 36.5 Å². The summed E-state index contributed by atoms with van der Waals surface area (Å²) in [5.74, 6) is 0.533. The van der Waals surface area contributed by atoms with Gasteiger partial charge in [-0.2, -0.15) is 0 Å². The minimum atomic E-state index is -0.218. The van der Waals surface area contributed by atoms with Gasteiger partial charge in [-0.05, 0) is 91.0 Å². The number of nitrogens with zero attached hydrogens (tertiary/aromatic N) is 1. The molecule has 2 aliphatic rings. The van der Waals surface area contributed by atoms with Crippen LogP contribution in [0.1, 0.15) is 56.1 Å². The maximum absolute atomic E-state index is 13.8.